The number of thioether (sulfide) groups is 2. The summed E-state index contributed by atoms with van der Waals surface area (Å²) in [5.41, 5.74) is -2.03. The molecule has 1 N–H and O–H groups in total. The predicted molar refractivity (Wildman–Crippen MR) is 191 cm³/mol. The Labute approximate surface area is 365 Å². The Balaban J connectivity index is 0.00000271. The van der Waals surface area contributed by atoms with E-state index in [2.05, 4.69) is 5.32 Å². The SMILES string of the molecule is COC1(NC(=O)Cc2cccs2)C(=O)N2C(C(=O)[O-])=C(CSC(=S)N3CCN(c4cc5c(cc4F)c(=O)c(C(=O)[O-])cn5C4CC4)CC3)CSC21.[Na+].[Na+]. The Hall–Kier alpha value is -1.97. The number of piperazine rings is 1. The monoisotopic (exact) mass is 817 g/mol. The van der Waals surface area contributed by atoms with E-state index in [1.807, 2.05) is 21.2 Å². The second-order valence-electron chi connectivity index (χ2n) is 12.5. The maximum absolute atomic E-state index is 15.4. The number of pyridine rings is 1. The van der Waals surface area contributed by atoms with Gasteiger partial charge in [0.2, 0.25) is 5.91 Å². The van der Waals surface area contributed by atoms with Gasteiger partial charge in [-0.05, 0) is 42.0 Å². The van der Waals surface area contributed by atoms with Crippen molar-refractivity contribution in [2.24, 2.45) is 0 Å². The average Bonchev–Trinajstić information content (AvgIpc) is 3.83. The molecule has 2 atom stereocenters. The summed E-state index contributed by atoms with van der Waals surface area (Å²) < 4.78 is 23.2. The number of anilines is 1. The summed E-state index contributed by atoms with van der Waals surface area (Å²) in [6, 6.07) is 6.34. The van der Waals surface area contributed by atoms with E-state index in [0.29, 0.717) is 47.3 Å². The average molecular weight is 818 g/mol. The van der Waals surface area contributed by atoms with Crippen molar-refractivity contribution in [3.63, 3.8) is 0 Å². The number of thiophene rings is 1. The van der Waals surface area contributed by atoms with Gasteiger partial charge in [0.05, 0.1) is 40.8 Å². The molecule has 2 amide bonds. The molecule has 0 radical (unpaired) electrons. The molecule has 1 aliphatic carbocycles. The molecule has 2 unspecified atom stereocenters. The van der Waals surface area contributed by atoms with Crippen molar-refractivity contribution in [2.45, 2.75) is 36.4 Å². The molecule has 5 heterocycles. The first-order valence-corrected chi connectivity index (χ1v) is 19.3. The summed E-state index contributed by atoms with van der Waals surface area (Å²) in [5.74, 6) is -4.45. The fourth-order valence-corrected chi connectivity index (χ4v) is 10.2. The first-order valence-electron chi connectivity index (χ1n) is 16.0. The molecule has 268 valence electrons. The number of ether oxygens (including phenoxy) is 1. The van der Waals surface area contributed by atoms with Gasteiger partial charge in [0.1, 0.15) is 15.5 Å². The molecule has 4 aliphatic rings. The van der Waals surface area contributed by atoms with Gasteiger partial charge in [-0.15, -0.1) is 23.1 Å². The molecule has 2 saturated heterocycles. The number of halogens is 1. The van der Waals surface area contributed by atoms with Gasteiger partial charge < -0.3 is 44.2 Å². The van der Waals surface area contributed by atoms with Crippen LogP contribution in [0.4, 0.5) is 10.1 Å². The minimum atomic E-state index is -1.70. The van der Waals surface area contributed by atoms with Gasteiger partial charge >= 0.3 is 59.1 Å². The third kappa shape index (κ3) is 8.01. The van der Waals surface area contributed by atoms with Crippen molar-refractivity contribution in [3.05, 3.63) is 73.6 Å². The number of fused-ring (bicyclic) bond motifs is 2. The summed E-state index contributed by atoms with van der Waals surface area (Å²) in [6.07, 6.45) is 2.98. The zero-order chi connectivity index (χ0) is 36.2. The summed E-state index contributed by atoms with van der Waals surface area (Å²) in [5, 5.41) is 27.6. The number of hydrogen-bond acceptors (Lipinski definition) is 13. The molecular weight excluding hydrogens is 788 g/mol. The number of β-lactam (4-membered cyclic amide) rings is 1. The number of nitrogens with one attached hydrogen (secondary N) is 1. The van der Waals surface area contributed by atoms with Crippen LogP contribution in [0, 0.1) is 5.82 Å². The van der Waals surface area contributed by atoms with Gasteiger partial charge in [-0.2, -0.15) is 0 Å². The molecule has 53 heavy (non-hydrogen) atoms. The van der Waals surface area contributed by atoms with Crippen LogP contribution in [0.3, 0.4) is 0 Å². The number of thiocarbonyl (C=S) groups is 1. The van der Waals surface area contributed by atoms with Gasteiger partial charge in [-0.25, -0.2) is 4.39 Å². The molecule has 3 fully saturated rings. The summed E-state index contributed by atoms with van der Waals surface area (Å²) in [4.78, 5) is 68.6. The molecule has 3 aliphatic heterocycles. The zero-order valence-corrected chi connectivity index (χ0v) is 36.3. The maximum atomic E-state index is 15.4. The Morgan fingerprint density at radius 3 is 2.43 bits per heavy atom. The number of carbonyl (C=O) groups excluding carboxylic acids is 4. The van der Waals surface area contributed by atoms with Crippen molar-refractivity contribution in [1.29, 1.82) is 0 Å². The van der Waals surface area contributed by atoms with Gasteiger partial charge in [0, 0.05) is 67.3 Å². The molecule has 1 saturated carbocycles. The molecule has 7 rings (SSSR count). The summed E-state index contributed by atoms with van der Waals surface area (Å²) >= 11 is 9.63. The molecule has 3 aromatic rings. The van der Waals surface area contributed by atoms with E-state index in [4.69, 9.17) is 17.0 Å². The topological polar surface area (TPSA) is 167 Å². The molecule has 20 heteroatoms. The second kappa shape index (κ2) is 17.0. The van der Waals surface area contributed by atoms with Gasteiger partial charge in [0.25, 0.3) is 11.6 Å². The molecule has 1 aromatic carbocycles. The van der Waals surface area contributed by atoms with Crippen LogP contribution in [0.15, 0.2) is 51.9 Å². The minimum absolute atomic E-state index is 0. The number of hydrogen-bond donors (Lipinski definition) is 1. The van der Waals surface area contributed by atoms with Crippen LogP contribution < -0.4 is 85.0 Å². The van der Waals surface area contributed by atoms with Crippen LogP contribution >= 0.6 is 47.1 Å². The Morgan fingerprint density at radius 2 is 1.83 bits per heavy atom. The van der Waals surface area contributed by atoms with Gasteiger partial charge in [-0.1, -0.05) is 30.0 Å². The van der Waals surface area contributed by atoms with E-state index < -0.39 is 51.7 Å². The molecular formula is C33H30FN5Na2O8S4. The molecule has 2 aromatic heterocycles. The Kier molecular flexibility index (Phi) is 13.6. The van der Waals surface area contributed by atoms with Gasteiger partial charge in [0.15, 0.2) is 5.43 Å². The number of aliphatic carboxylic acids is 1. The fourth-order valence-electron chi connectivity index (χ4n) is 6.64. The number of aromatic carboxylic acids is 1. The quantitative estimate of drug-likeness (QED) is 0.0894. The first-order chi connectivity index (χ1) is 24.4. The summed E-state index contributed by atoms with van der Waals surface area (Å²) in [6.45, 7) is 1.69. The van der Waals surface area contributed by atoms with E-state index in [-0.39, 0.29) is 94.2 Å². The largest absolute Gasteiger partial charge is 1.00 e. The van der Waals surface area contributed by atoms with Crippen molar-refractivity contribution in [3.8, 4) is 0 Å². The molecule has 0 bridgehead atoms. The number of carbonyl (C=O) groups is 4. The number of benzene rings is 1. The van der Waals surface area contributed by atoms with E-state index >= 15 is 4.39 Å². The minimum Gasteiger partial charge on any atom is -0.545 e. The number of carboxylic acids is 2. The fraction of sp³-hybridized carbons (Fsp3) is 0.394. The zero-order valence-electron chi connectivity index (χ0n) is 29.0. The van der Waals surface area contributed by atoms with Crippen molar-refractivity contribution in [1.82, 2.24) is 19.7 Å². The number of amides is 2. The van der Waals surface area contributed by atoms with Crippen LogP contribution in [-0.2, 0) is 25.5 Å². The first kappa shape index (κ1) is 42.2. The number of rotatable bonds is 10. The van der Waals surface area contributed by atoms with E-state index in [0.717, 1.165) is 28.7 Å². The van der Waals surface area contributed by atoms with Crippen LogP contribution in [0.1, 0.15) is 34.1 Å². The van der Waals surface area contributed by atoms with Crippen molar-refractivity contribution >= 4 is 91.7 Å². The van der Waals surface area contributed by atoms with Crippen molar-refractivity contribution in [2.75, 3.05) is 49.7 Å². The van der Waals surface area contributed by atoms with Crippen LogP contribution in [0.5, 0.6) is 0 Å². The van der Waals surface area contributed by atoms with Crippen LogP contribution in [-0.4, -0.2) is 98.3 Å². The summed E-state index contributed by atoms with van der Waals surface area (Å²) in [7, 11) is 1.29. The standard InChI is InChI=1S/C33H32FN5O8S4.2Na/c1-47-33(35-25(40)11-19-3-2-10-49-19)30(46)39-26(29(44)45)17(15-50-31(33)39)16-51-32(48)37-8-6-36(7-9-37)24-13-23-20(12-22(24)34)27(41)21(28(42)43)14-38(23)18-4-5-18;;/h2-3,10,12-14,18,31H,4-9,11,15-16H2,1H3,(H,35,40)(H,42,43)(H,44,45);;/q;2*+1/p-2. The van der Waals surface area contributed by atoms with Crippen molar-refractivity contribution < 1.29 is 97.6 Å². The molecule has 13 nitrogen and oxygen atoms in total. The van der Waals surface area contributed by atoms with E-state index in [9.17, 15) is 34.2 Å². The number of aromatic nitrogens is 1. The third-order valence-electron chi connectivity index (χ3n) is 9.37. The Bertz CT molecular complexity index is 2070. The second-order valence-corrected chi connectivity index (χ2v) is 16.2. The van der Waals surface area contributed by atoms with Crippen LogP contribution in [0.2, 0.25) is 0 Å². The van der Waals surface area contributed by atoms with Crippen LogP contribution in [0.25, 0.3) is 10.9 Å². The van der Waals surface area contributed by atoms with E-state index in [1.54, 1.807) is 16.7 Å². The smallest absolute Gasteiger partial charge is 0.545 e. The number of carboxylic acid groups (broad SMARTS) is 2. The number of methoxy groups -OCH3 is 1. The predicted octanol–water partition coefficient (Wildman–Crippen LogP) is -5.33. The maximum Gasteiger partial charge on any atom is 1.00 e. The normalized spacial score (nSPS) is 21.0. The van der Waals surface area contributed by atoms with E-state index in [1.165, 1.54) is 48.2 Å². The third-order valence-corrected chi connectivity index (χ3v) is 13.2. The number of nitrogens with zero attached hydrogens (tertiary/aromatic N) is 4. The Morgan fingerprint density at radius 1 is 1.11 bits per heavy atom. The van der Waals surface area contributed by atoms with Gasteiger partial charge in [-0.3, -0.25) is 19.3 Å². The molecule has 0 spiro atoms.